The minimum absolute atomic E-state index is 0.0250. The first-order valence-corrected chi connectivity index (χ1v) is 10.7. The molecule has 0 atom stereocenters. The van der Waals surface area contributed by atoms with Crippen molar-refractivity contribution in [3.8, 4) is 5.75 Å². The third-order valence-electron chi connectivity index (χ3n) is 4.12. The molecule has 1 heterocycles. The molecule has 0 unspecified atom stereocenters. The lowest BCUT2D eigenvalue weighted by Crippen LogP contribution is -2.30. The van der Waals surface area contributed by atoms with Crippen LogP contribution in [0.4, 0.5) is 0 Å². The smallest absolute Gasteiger partial charge is 0.244 e. The van der Waals surface area contributed by atoms with E-state index in [-0.39, 0.29) is 22.1 Å². The summed E-state index contributed by atoms with van der Waals surface area (Å²) in [6, 6.07) is 3.02. The molecule has 0 saturated heterocycles. The normalized spacial score (nSPS) is 14.4. The minimum Gasteiger partial charge on any atom is -0.492 e. The number of rotatable bonds is 8. The second kappa shape index (κ2) is 8.09. The van der Waals surface area contributed by atoms with Crippen molar-refractivity contribution in [2.24, 2.45) is 5.41 Å². The molecule has 1 radical (unpaired) electrons. The predicted octanol–water partition coefficient (Wildman–Crippen LogP) is 3.91. The first kappa shape index (κ1) is 20.9. The summed E-state index contributed by atoms with van der Waals surface area (Å²) in [6.45, 7) is 10.4. The highest BCUT2D eigenvalue weighted by Crippen LogP contribution is 2.35. The lowest BCUT2D eigenvalue weighted by Gasteiger charge is -2.17. The molecule has 0 fully saturated rings. The summed E-state index contributed by atoms with van der Waals surface area (Å²) in [7, 11) is -3.72. The van der Waals surface area contributed by atoms with Gasteiger partial charge in [-0.2, -0.15) is 0 Å². The van der Waals surface area contributed by atoms with E-state index in [9.17, 15) is 13.2 Å². The van der Waals surface area contributed by atoms with Crippen LogP contribution in [0.3, 0.4) is 0 Å². The van der Waals surface area contributed by atoms with E-state index in [1.165, 1.54) is 6.07 Å². The van der Waals surface area contributed by atoms with Crippen molar-refractivity contribution in [1.29, 1.82) is 0 Å². The van der Waals surface area contributed by atoms with E-state index >= 15 is 0 Å². The maximum atomic E-state index is 12.6. The molecule has 2 rings (SSSR count). The number of sulfonamides is 1. The molecule has 0 spiro atoms. The maximum Gasteiger partial charge on any atom is 0.244 e. The lowest BCUT2D eigenvalue weighted by molar-refractivity contribution is 0.0979. The molecule has 1 aromatic carbocycles. The Hall–Kier alpha value is -1.40. The van der Waals surface area contributed by atoms with Crippen LogP contribution in [-0.2, 0) is 16.4 Å². The van der Waals surface area contributed by atoms with Crippen molar-refractivity contribution in [3.63, 3.8) is 0 Å². The fourth-order valence-electron chi connectivity index (χ4n) is 2.95. The molecule has 1 aliphatic rings. The zero-order valence-electron chi connectivity index (χ0n) is 16.4. The Morgan fingerprint density at radius 1 is 1.31 bits per heavy atom. The summed E-state index contributed by atoms with van der Waals surface area (Å²) in [5.41, 5.74) is 1.38. The van der Waals surface area contributed by atoms with Gasteiger partial charge in [-0.3, -0.25) is 4.79 Å². The van der Waals surface area contributed by atoms with Crippen molar-refractivity contribution in [2.45, 2.75) is 71.2 Å². The molecular formula is C20H30NO4S. The molecule has 0 bridgehead atoms. The van der Waals surface area contributed by atoms with Gasteiger partial charge in [-0.1, -0.05) is 20.8 Å². The topological polar surface area (TPSA) is 72.5 Å². The molecule has 145 valence electrons. The number of fused-ring (bicyclic) bond motifs is 1. The van der Waals surface area contributed by atoms with Crippen molar-refractivity contribution in [1.82, 2.24) is 4.72 Å². The zero-order chi connectivity index (χ0) is 19.5. The van der Waals surface area contributed by atoms with E-state index < -0.39 is 10.0 Å². The number of ketones is 1. The van der Waals surface area contributed by atoms with Gasteiger partial charge in [0.2, 0.25) is 10.0 Å². The van der Waals surface area contributed by atoms with Gasteiger partial charge in [-0.05, 0) is 56.2 Å². The summed E-state index contributed by atoms with van der Waals surface area (Å²) in [5, 5.41) is 0. The standard InChI is InChI=1S/C20H30NO4S/c1-14(2)21-26(23,24)18-13-16(12-15-9-11-25-19(15)18)17(22)8-6-7-10-20(3,4)5/h10,12-14,21H,6-9,11H2,1-5H3. The largest absolute Gasteiger partial charge is 0.492 e. The lowest BCUT2D eigenvalue weighted by atomic mass is 9.89. The van der Waals surface area contributed by atoms with Gasteiger partial charge in [0.15, 0.2) is 5.78 Å². The molecule has 26 heavy (non-hydrogen) atoms. The Balaban J connectivity index is 2.20. The van der Waals surface area contributed by atoms with E-state index in [0.717, 1.165) is 18.4 Å². The second-order valence-electron chi connectivity index (χ2n) is 8.22. The summed E-state index contributed by atoms with van der Waals surface area (Å²) < 4.78 is 33.4. The Kier molecular flexibility index (Phi) is 6.51. The van der Waals surface area contributed by atoms with Crippen molar-refractivity contribution < 1.29 is 17.9 Å². The zero-order valence-corrected chi connectivity index (χ0v) is 17.2. The van der Waals surface area contributed by atoms with Gasteiger partial charge < -0.3 is 4.74 Å². The first-order valence-electron chi connectivity index (χ1n) is 9.19. The van der Waals surface area contributed by atoms with Crippen LogP contribution in [0.2, 0.25) is 0 Å². The molecule has 1 aromatic rings. The number of unbranched alkanes of at least 4 members (excludes halogenated alkanes) is 1. The Bertz CT molecular complexity index is 761. The quantitative estimate of drug-likeness (QED) is 0.548. The Labute approximate surface area is 157 Å². The SMILES string of the molecule is CC(C)NS(=O)(=O)c1cc(C(=O)CCC[CH]C(C)(C)C)cc2c1OCC2. The van der Waals surface area contributed by atoms with Crippen LogP contribution < -0.4 is 9.46 Å². The van der Waals surface area contributed by atoms with E-state index in [1.54, 1.807) is 19.9 Å². The number of Topliss-reactive ketones (excluding diaryl/α,β-unsaturated/α-hetero) is 1. The molecular weight excluding hydrogens is 350 g/mol. The summed E-state index contributed by atoms with van der Waals surface area (Å²) in [4.78, 5) is 12.7. The first-order chi connectivity index (χ1) is 12.0. The summed E-state index contributed by atoms with van der Waals surface area (Å²) in [5.74, 6) is 0.360. The molecule has 0 amide bonds. The molecule has 1 N–H and O–H groups in total. The third-order valence-corrected chi connectivity index (χ3v) is 5.78. The van der Waals surface area contributed by atoms with Crippen LogP contribution in [0.5, 0.6) is 5.75 Å². The number of carbonyl (C=O) groups is 1. The highest BCUT2D eigenvalue weighted by atomic mass is 32.2. The van der Waals surface area contributed by atoms with Crippen LogP contribution in [0.1, 0.15) is 69.8 Å². The van der Waals surface area contributed by atoms with E-state index in [0.29, 0.717) is 30.8 Å². The van der Waals surface area contributed by atoms with Gasteiger partial charge in [-0.25, -0.2) is 13.1 Å². The van der Waals surface area contributed by atoms with Gasteiger partial charge >= 0.3 is 0 Å². The van der Waals surface area contributed by atoms with Gasteiger partial charge in [0.1, 0.15) is 10.6 Å². The molecule has 0 aliphatic carbocycles. The highest BCUT2D eigenvalue weighted by molar-refractivity contribution is 7.89. The van der Waals surface area contributed by atoms with Gasteiger partial charge in [0, 0.05) is 24.4 Å². The van der Waals surface area contributed by atoms with Gasteiger partial charge in [0.25, 0.3) is 0 Å². The minimum atomic E-state index is -3.72. The average molecular weight is 381 g/mol. The number of hydrogen-bond donors (Lipinski definition) is 1. The van der Waals surface area contributed by atoms with Crippen LogP contribution >= 0.6 is 0 Å². The Morgan fingerprint density at radius 3 is 2.62 bits per heavy atom. The monoisotopic (exact) mass is 380 g/mol. The summed E-state index contributed by atoms with van der Waals surface area (Å²) >= 11 is 0. The number of benzene rings is 1. The van der Waals surface area contributed by atoms with E-state index in [1.807, 2.05) is 0 Å². The fraction of sp³-hybridized carbons (Fsp3) is 0.600. The Morgan fingerprint density at radius 2 is 2.00 bits per heavy atom. The maximum absolute atomic E-state index is 12.6. The molecule has 6 heteroatoms. The van der Waals surface area contributed by atoms with Crippen LogP contribution in [-0.4, -0.2) is 26.8 Å². The number of ether oxygens (including phenoxy) is 1. The second-order valence-corrected chi connectivity index (χ2v) is 9.91. The van der Waals surface area contributed by atoms with Crippen molar-refractivity contribution >= 4 is 15.8 Å². The number of hydrogen-bond acceptors (Lipinski definition) is 4. The van der Waals surface area contributed by atoms with Crippen LogP contribution in [0.25, 0.3) is 0 Å². The summed E-state index contributed by atoms with van der Waals surface area (Å²) in [6.07, 6.45) is 4.86. The third kappa shape index (κ3) is 5.55. The van der Waals surface area contributed by atoms with Crippen molar-refractivity contribution in [3.05, 3.63) is 29.7 Å². The molecule has 0 aromatic heterocycles. The fourth-order valence-corrected chi connectivity index (χ4v) is 4.41. The van der Waals surface area contributed by atoms with Crippen LogP contribution in [0.15, 0.2) is 17.0 Å². The molecule has 1 aliphatic heterocycles. The molecule has 5 nitrogen and oxygen atoms in total. The van der Waals surface area contributed by atoms with Gasteiger partial charge in [-0.15, -0.1) is 0 Å². The number of carbonyl (C=O) groups excluding carboxylic acids is 1. The van der Waals surface area contributed by atoms with E-state index in [2.05, 4.69) is 31.9 Å². The highest BCUT2D eigenvalue weighted by Gasteiger charge is 2.28. The van der Waals surface area contributed by atoms with E-state index in [4.69, 9.17) is 4.74 Å². The molecule has 0 saturated carbocycles. The van der Waals surface area contributed by atoms with Crippen LogP contribution in [0, 0.1) is 11.8 Å². The predicted molar refractivity (Wildman–Crippen MR) is 103 cm³/mol. The van der Waals surface area contributed by atoms with Gasteiger partial charge in [0.05, 0.1) is 6.61 Å². The average Bonchev–Trinajstić information content (AvgIpc) is 2.96. The number of nitrogens with one attached hydrogen (secondary N) is 1. The van der Waals surface area contributed by atoms with Crippen molar-refractivity contribution in [2.75, 3.05) is 6.61 Å².